The number of morpholine rings is 1. The predicted molar refractivity (Wildman–Crippen MR) is 130 cm³/mol. The van der Waals surface area contributed by atoms with E-state index in [1.165, 1.54) is 4.88 Å². The van der Waals surface area contributed by atoms with Crippen molar-refractivity contribution in [3.8, 4) is 0 Å². The quantitative estimate of drug-likeness (QED) is 0.623. The van der Waals surface area contributed by atoms with Crippen molar-refractivity contribution in [1.29, 1.82) is 0 Å². The van der Waals surface area contributed by atoms with Crippen molar-refractivity contribution in [1.82, 2.24) is 19.7 Å². The molecule has 0 radical (unpaired) electrons. The normalized spacial score (nSPS) is 22.5. The fraction of sp³-hybridized carbons (Fsp3) is 0.522. The third kappa shape index (κ3) is 5.36. The zero-order valence-corrected chi connectivity index (χ0v) is 20.2. The van der Waals surface area contributed by atoms with Gasteiger partial charge in [0.15, 0.2) is 0 Å². The molecule has 10 heteroatoms. The molecule has 0 N–H and O–H groups in total. The van der Waals surface area contributed by atoms with E-state index in [0.29, 0.717) is 39.4 Å². The van der Waals surface area contributed by atoms with Crippen LogP contribution >= 0.6 is 22.7 Å². The Labute approximate surface area is 202 Å². The topological polar surface area (TPSA) is 68.7 Å². The molecule has 2 aromatic rings. The van der Waals surface area contributed by atoms with Crippen LogP contribution in [0.25, 0.3) is 0 Å². The largest absolute Gasteiger partial charge is 0.378 e. The Balaban J connectivity index is 1.16. The number of amides is 2. The minimum Gasteiger partial charge on any atom is -0.378 e. The van der Waals surface area contributed by atoms with Crippen LogP contribution in [0.4, 0.5) is 0 Å². The molecular formula is C23H29N5O3S2. The summed E-state index contributed by atoms with van der Waals surface area (Å²) in [7, 11) is 0. The number of carbonyl (C=O) groups is 2. The minimum atomic E-state index is -0.0259. The van der Waals surface area contributed by atoms with E-state index in [1.54, 1.807) is 27.7 Å². The second-order valence-electron chi connectivity index (χ2n) is 8.54. The van der Waals surface area contributed by atoms with Crippen molar-refractivity contribution in [2.75, 3.05) is 65.6 Å². The molecule has 0 spiro atoms. The van der Waals surface area contributed by atoms with Crippen molar-refractivity contribution in [2.24, 2.45) is 5.10 Å². The van der Waals surface area contributed by atoms with Crippen LogP contribution in [0.5, 0.6) is 0 Å². The highest BCUT2D eigenvalue weighted by atomic mass is 32.1. The lowest BCUT2D eigenvalue weighted by atomic mass is 10.1. The van der Waals surface area contributed by atoms with Crippen molar-refractivity contribution in [2.45, 2.75) is 12.5 Å². The standard InChI is InChI=1S/C23H29N5O3S2/c29-22(27-9-11-31-12-10-27)16-25-5-7-26(8-6-25)17-23(30)28-19(21-4-2-14-33-21)15-18(24-28)20-3-1-13-32-20/h1-4,13-14,19H,5-12,15-17H2. The maximum Gasteiger partial charge on any atom is 0.257 e. The van der Waals surface area contributed by atoms with Crippen LogP contribution in [-0.2, 0) is 14.3 Å². The summed E-state index contributed by atoms with van der Waals surface area (Å²) in [6.07, 6.45) is 0.754. The molecule has 0 saturated carbocycles. The third-order valence-corrected chi connectivity index (χ3v) is 8.28. The number of thiophene rings is 2. The highest BCUT2D eigenvalue weighted by molar-refractivity contribution is 7.12. The van der Waals surface area contributed by atoms with Crippen LogP contribution in [0, 0.1) is 0 Å². The number of piperazine rings is 1. The van der Waals surface area contributed by atoms with Gasteiger partial charge in [0.05, 0.1) is 42.9 Å². The molecule has 3 aliphatic rings. The van der Waals surface area contributed by atoms with Gasteiger partial charge in [-0.1, -0.05) is 12.1 Å². The number of ether oxygens (including phenoxy) is 1. The summed E-state index contributed by atoms with van der Waals surface area (Å²) in [5.41, 5.74) is 0.989. The van der Waals surface area contributed by atoms with E-state index in [2.05, 4.69) is 27.3 Å². The predicted octanol–water partition coefficient (Wildman–Crippen LogP) is 1.96. The summed E-state index contributed by atoms with van der Waals surface area (Å²) >= 11 is 3.34. The maximum absolute atomic E-state index is 13.3. The third-order valence-electron chi connectivity index (χ3n) is 6.39. The molecule has 5 rings (SSSR count). The van der Waals surface area contributed by atoms with E-state index in [9.17, 15) is 9.59 Å². The molecule has 0 aliphatic carbocycles. The lowest BCUT2D eigenvalue weighted by Crippen LogP contribution is -2.53. The van der Waals surface area contributed by atoms with Gasteiger partial charge in [-0.05, 0) is 22.9 Å². The van der Waals surface area contributed by atoms with Gasteiger partial charge >= 0.3 is 0 Å². The Bertz CT molecular complexity index is 964. The molecule has 2 amide bonds. The van der Waals surface area contributed by atoms with Gasteiger partial charge in [-0.2, -0.15) is 5.10 Å². The summed E-state index contributed by atoms with van der Waals surface area (Å²) in [5.74, 6) is 0.215. The number of hydrazone groups is 1. The number of hydrogen-bond donors (Lipinski definition) is 0. The average Bonchev–Trinajstić information content (AvgIpc) is 3.62. The van der Waals surface area contributed by atoms with Crippen molar-refractivity contribution in [3.05, 3.63) is 44.8 Å². The molecule has 176 valence electrons. The van der Waals surface area contributed by atoms with Crippen molar-refractivity contribution >= 4 is 40.2 Å². The Kier molecular flexibility index (Phi) is 7.17. The SMILES string of the molecule is O=C(CN1CCN(CC(=O)N2N=C(c3cccs3)CC2c2cccs2)CC1)N1CCOCC1. The monoisotopic (exact) mass is 487 g/mol. The van der Waals surface area contributed by atoms with E-state index in [-0.39, 0.29) is 17.9 Å². The Morgan fingerprint density at radius 1 is 0.909 bits per heavy atom. The van der Waals surface area contributed by atoms with Crippen LogP contribution in [0.3, 0.4) is 0 Å². The van der Waals surface area contributed by atoms with Crippen molar-refractivity contribution in [3.63, 3.8) is 0 Å². The highest BCUT2D eigenvalue weighted by Gasteiger charge is 2.35. The first-order valence-corrected chi connectivity index (χ1v) is 13.2. The van der Waals surface area contributed by atoms with E-state index in [0.717, 1.165) is 43.2 Å². The Morgan fingerprint density at radius 2 is 1.58 bits per heavy atom. The molecule has 2 aromatic heterocycles. The van der Waals surface area contributed by atoms with Gasteiger partial charge in [-0.15, -0.1) is 22.7 Å². The number of hydrogen-bond acceptors (Lipinski definition) is 8. The van der Waals surface area contributed by atoms with E-state index >= 15 is 0 Å². The van der Waals surface area contributed by atoms with E-state index in [1.807, 2.05) is 22.4 Å². The molecule has 33 heavy (non-hydrogen) atoms. The second kappa shape index (κ2) is 10.4. The lowest BCUT2D eigenvalue weighted by molar-refractivity contribution is -0.138. The molecule has 3 aliphatic heterocycles. The van der Waals surface area contributed by atoms with Gasteiger partial charge in [0.1, 0.15) is 0 Å². The van der Waals surface area contributed by atoms with Gasteiger partial charge in [-0.3, -0.25) is 19.4 Å². The smallest absolute Gasteiger partial charge is 0.257 e. The second-order valence-corrected chi connectivity index (χ2v) is 10.5. The first-order chi connectivity index (χ1) is 16.2. The fourth-order valence-corrected chi connectivity index (χ4v) is 6.04. The Morgan fingerprint density at radius 3 is 2.21 bits per heavy atom. The molecule has 1 unspecified atom stereocenters. The summed E-state index contributed by atoms with van der Waals surface area (Å²) < 4.78 is 5.33. The van der Waals surface area contributed by atoms with Gasteiger partial charge < -0.3 is 9.64 Å². The van der Waals surface area contributed by atoms with Crippen LogP contribution < -0.4 is 0 Å². The van der Waals surface area contributed by atoms with E-state index in [4.69, 9.17) is 9.84 Å². The molecule has 1 atom stereocenters. The molecule has 8 nitrogen and oxygen atoms in total. The first kappa shape index (κ1) is 22.7. The van der Waals surface area contributed by atoms with Crippen molar-refractivity contribution < 1.29 is 14.3 Å². The van der Waals surface area contributed by atoms with Crippen LogP contribution in [0.1, 0.15) is 22.2 Å². The lowest BCUT2D eigenvalue weighted by Gasteiger charge is -2.36. The highest BCUT2D eigenvalue weighted by Crippen LogP contribution is 2.36. The van der Waals surface area contributed by atoms with Crippen LogP contribution in [0.2, 0.25) is 0 Å². The van der Waals surface area contributed by atoms with Gasteiger partial charge in [0.2, 0.25) is 5.91 Å². The zero-order chi connectivity index (χ0) is 22.6. The first-order valence-electron chi connectivity index (χ1n) is 11.4. The molecule has 0 aromatic carbocycles. The Hall–Kier alpha value is -2.11. The van der Waals surface area contributed by atoms with Crippen LogP contribution in [0.15, 0.2) is 40.1 Å². The minimum absolute atomic E-state index is 0.0259. The molecule has 2 saturated heterocycles. The molecule has 5 heterocycles. The molecular weight excluding hydrogens is 458 g/mol. The summed E-state index contributed by atoms with van der Waals surface area (Å²) in [4.78, 5) is 34.4. The zero-order valence-electron chi connectivity index (χ0n) is 18.6. The summed E-state index contributed by atoms with van der Waals surface area (Å²) in [5, 5.41) is 10.6. The average molecular weight is 488 g/mol. The summed E-state index contributed by atoms with van der Waals surface area (Å²) in [6, 6.07) is 8.19. The molecule has 2 fully saturated rings. The van der Waals surface area contributed by atoms with Gasteiger partial charge in [0, 0.05) is 50.6 Å². The van der Waals surface area contributed by atoms with Gasteiger partial charge in [-0.25, -0.2) is 5.01 Å². The van der Waals surface area contributed by atoms with Gasteiger partial charge in [0.25, 0.3) is 5.91 Å². The number of carbonyl (C=O) groups excluding carboxylic acids is 2. The van der Waals surface area contributed by atoms with E-state index < -0.39 is 0 Å². The fourth-order valence-electron chi connectivity index (χ4n) is 4.51. The molecule has 0 bridgehead atoms. The number of rotatable bonds is 6. The van der Waals surface area contributed by atoms with Crippen LogP contribution in [-0.4, -0.2) is 103 Å². The number of nitrogens with zero attached hydrogens (tertiary/aromatic N) is 5. The summed E-state index contributed by atoms with van der Waals surface area (Å²) in [6.45, 7) is 6.57. The maximum atomic E-state index is 13.3.